The number of aromatic amines is 1. The van der Waals surface area contributed by atoms with Crippen LogP contribution in [0.15, 0.2) is 59.4 Å². The van der Waals surface area contributed by atoms with Gasteiger partial charge in [-0.2, -0.15) is 0 Å². The maximum atomic E-state index is 11.9. The van der Waals surface area contributed by atoms with Gasteiger partial charge in [0.15, 0.2) is 0 Å². The average Bonchev–Trinajstić information content (AvgIpc) is 2.64. The number of nitrogens with zero attached hydrogens (tertiary/aromatic N) is 1. The van der Waals surface area contributed by atoms with Gasteiger partial charge in [-0.1, -0.05) is 48.0 Å². The zero-order chi connectivity index (χ0) is 18.5. The second-order valence-electron chi connectivity index (χ2n) is 6.09. The van der Waals surface area contributed by atoms with Crippen LogP contribution in [0.25, 0.3) is 0 Å². The Kier molecular flexibility index (Phi) is 5.71. The number of aliphatic hydroxyl groups is 1. The van der Waals surface area contributed by atoms with Crippen LogP contribution in [-0.4, -0.2) is 15.1 Å². The molecule has 3 N–H and O–H groups in total. The van der Waals surface area contributed by atoms with Crippen molar-refractivity contribution in [1.29, 1.82) is 0 Å². The Morgan fingerprint density at radius 2 is 1.96 bits per heavy atom. The first-order valence-corrected chi connectivity index (χ1v) is 8.76. The van der Waals surface area contributed by atoms with E-state index in [1.54, 1.807) is 6.07 Å². The third-order valence-electron chi connectivity index (χ3n) is 4.17. The van der Waals surface area contributed by atoms with Gasteiger partial charge >= 0.3 is 0 Å². The molecule has 6 heteroatoms. The molecular weight excluding hydrogens is 350 g/mol. The molecule has 0 amide bonds. The minimum atomic E-state index is -0.594. The molecule has 1 heterocycles. The van der Waals surface area contributed by atoms with Crippen molar-refractivity contribution < 1.29 is 5.11 Å². The van der Waals surface area contributed by atoms with Crippen molar-refractivity contribution in [2.45, 2.75) is 25.9 Å². The van der Waals surface area contributed by atoms with E-state index in [-0.39, 0.29) is 5.56 Å². The Labute approximate surface area is 156 Å². The molecule has 1 unspecified atom stereocenters. The van der Waals surface area contributed by atoms with E-state index >= 15 is 0 Å². The second-order valence-corrected chi connectivity index (χ2v) is 6.50. The molecule has 5 nitrogen and oxygen atoms in total. The van der Waals surface area contributed by atoms with Crippen molar-refractivity contribution in [3.63, 3.8) is 0 Å². The Balaban J connectivity index is 1.73. The summed E-state index contributed by atoms with van der Waals surface area (Å²) in [6, 6.07) is 16.4. The number of hydrogen-bond acceptors (Lipinski definition) is 4. The van der Waals surface area contributed by atoms with E-state index in [9.17, 15) is 9.90 Å². The fourth-order valence-electron chi connectivity index (χ4n) is 2.69. The van der Waals surface area contributed by atoms with Crippen molar-refractivity contribution in [2.75, 3.05) is 5.32 Å². The van der Waals surface area contributed by atoms with Crippen molar-refractivity contribution in [1.82, 2.24) is 9.97 Å². The number of anilines is 2. The molecule has 0 fully saturated rings. The zero-order valence-electron chi connectivity index (χ0n) is 14.4. The van der Waals surface area contributed by atoms with Crippen LogP contribution in [0.1, 0.15) is 29.3 Å². The molecule has 134 valence electrons. The Hall–Kier alpha value is -2.63. The molecule has 0 saturated carbocycles. The van der Waals surface area contributed by atoms with Gasteiger partial charge in [0.1, 0.15) is 0 Å². The lowest BCUT2D eigenvalue weighted by Crippen LogP contribution is -2.13. The quantitative estimate of drug-likeness (QED) is 0.610. The van der Waals surface area contributed by atoms with E-state index in [0.29, 0.717) is 29.5 Å². The van der Waals surface area contributed by atoms with Crippen molar-refractivity contribution in [2.24, 2.45) is 0 Å². The van der Waals surface area contributed by atoms with Crippen LogP contribution >= 0.6 is 11.6 Å². The monoisotopic (exact) mass is 369 g/mol. The number of aryl methyl sites for hydroxylation is 1. The Bertz CT molecular complexity index is 941. The van der Waals surface area contributed by atoms with Crippen molar-refractivity contribution in [3.8, 4) is 0 Å². The van der Waals surface area contributed by atoms with E-state index in [1.807, 2.05) is 49.4 Å². The zero-order valence-corrected chi connectivity index (χ0v) is 15.1. The predicted molar refractivity (Wildman–Crippen MR) is 104 cm³/mol. The highest BCUT2D eigenvalue weighted by Crippen LogP contribution is 2.25. The largest absolute Gasteiger partial charge is 0.388 e. The van der Waals surface area contributed by atoms with Crippen LogP contribution in [0.2, 0.25) is 5.02 Å². The summed E-state index contributed by atoms with van der Waals surface area (Å²) in [6.45, 7) is 1.89. The van der Waals surface area contributed by atoms with Crippen molar-refractivity contribution in [3.05, 3.63) is 86.8 Å². The molecule has 0 saturated heterocycles. The number of benzene rings is 2. The summed E-state index contributed by atoms with van der Waals surface area (Å²) in [5.74, 6) is 0.354. The summed E-state index contributed by atoms with van der Waals surface area (Å²) in [4.78, 5) is 19.1. The van der Waals surface area contributed by atoms with Gasteiger partial charge in [0.2, 0.25) is 5.95 Å². The lowest BCUT2D eigenvalue weighted by Gasteiger charge is -2.12. The summed E-state index contributed by atoms with van der Waals surface area (Å²) in [7, 11) is 0. The van der Waals surface area contributed by atoms with Crippen LogP contribution in [0.4, 0.5) is 11.6 Å². The smallest absolute Gasteiger partial charge is 0.252 e. The lowest BCUT2D eigenvalue weighted by atomic mass is 10.0. The topological polar surface area (TPSA) is 78.0 Å². The maximum absolute atomic E-state index is 11.9. The average molecular weight is 370 g/mol. The molecule has 0 aliphatic heterocycles. The molecule has 0 bridgehead atoms. The van der Waals surface area contributed by atoms with Gasteiger partial charge in [0.05, 0.1) is 6.10 Å². The first kappa shape index (κ1) is 18.2. The number of rotatable bonds is 6. The number of hydrogen-bond donors (Lipinski definition) is 3. The first-order chi connectivity index (χ1) is 12.5. The molecule has 1 atom stereocenters. The van der Waals surface area contributed by atoms with Gasteiger partial charge < -0.3 is 10.4 Å². The molecule has 3 rings (SSSR count). The minimum Gasteiger partial charge on any atom is -0.388 e. The fraction of sp³-hybridized carbons (Fsp3) is 0.200. The van der Waals surface area contributed by atoms with Crippen LogP contribution in [-0.2, 0) is 6.42 Å². The normalized spacial score (nSPS) is 12.0. The van der Waals surface area contributed by atoms with E-state index in [1.165, 1.54) is 6.07 Å². The number of halogens is 1. The summed E-state index contributed by atoms with van der Waals surface area (Å²) in [6.07, 6.45) is 0.378. The summed E-state index contributed by atoms with van der Waals surface area (Å²) in [5, 5.41) is 14.0. The Morgan fingerprint density at radius 1 is 1.19 bits per heavy atom. The molecule has 26 heavy (non-hydrogen) atoms. The number of aromatic nitrogens is 2. The van der Waals surface area contributed by atoms with E-state index in [4.69, 9.17) is 11.6 Å². The number of aliphatic hydroxyl groups excluding tert-OH is 1. The molecule has 0 spiro atoms. The van der Waals surface area contributed by atoms with Crippen LogP contribution < -0.4 is 10.9 Å². The molecule has 0 radical (unpaired) electrons. The summed E-state index contributed by atoms with van der Waals surface area (Å²) in [5.41, 5.74) is 2.88. The molecule has 2 aromatic carbocycles. The first-order valence-electron chi connectivity index (χ1n) is 8.38. The number of H-pyrrole nitrogens is 1. The van der Waals surface area contributed by atoms with E-state index in [0.717, 1.165) is 16.8 Å². The highest BCUT2D eigenvalue weighted by Gasteiger charge is 2.10. The molecule has 1 aromatic heterocycles. The van der Waals surface area contributed by atoms with Crippen molar-refractivity contribution >= 4 is 23.2 Å². The van der Waals surface area contributed by atoms with Crippen LogP contribution in [0, 0.1) is 6.92 Å². The third-order valence-corrected chi connectivity index (χ3v) is 4.58. The molecule has 0 aliphatic rings. The van der Waals surface area contributed by atoms with Crippen LogP contribution in [0.3, 0.4) is 0 Å². The highest BCUT2D eigenvalue weighted by atomic mass is 35.5. The Morgan fingerprint density at radius 3 is 2.73 bits per heavy atom. The number of nitrogens with one attached hydrogen (secondary N) is 2. The van der Waals surface area contributed by atoms with Gasteiger partial charge in [-0.3, -0.25) is 9.78 Å². The summed E-state index contributed by atoms with van der Waals surface area (Å²) >= 11 is 6.13. The van der Waals surface area contributed by atoms with Crippen LogP contribution in [0.5, 0.6) is 0 Å². The van der Waals surface area contributed by atoms with E-state index < -0.39 is 6.10 Å². The minimum absolute atomic E-state index is 0.244. The predicted octanol–water partition coefficient (Wildman–Crippen LogP) is 4.14. The fourth-order valence-corrected chi connectivity index (χ4v) is 2.87. The van der Waals surface area contributed by atoms with Gasteiger partial charge in [0.25, 0.3) is 5.56 Å². The maximum Gasteiger partial charge on any atom is 0.252 e. The van der Waals surface area contributed by atoms with Gasteiger partial charge in [-0.05, 0) is 43.0 Å². The van der Waals surface area contributed by atoms with Gasteiger partial charge in [-0.15, -0.1) is 0 Å². The summed E-state index contributed by atoms with van der Waals surface area (Å²) < 4.78 is 0. The molecular formula is C20H20ClN3O2. The third kappa shape index (κ3) is 4.50. The van der Waals surface area contributed by atoms with Gasteiger partial charge in [-0.25, -0.2) is 4.98 Å². The highest BCUT2D eigenvalue weighted by molar-refractivity contribution is 6.31. The standard InChI is InChI=1S/C20H20ClN3O2/c1-13-16(21)8-5-9-17(13)23-20-22-15(12-19(26)24-20)10-11-18(25)14-6-3-2-4-7-14/h2-9,12,18,25H,10-11H2,1H3,(H2,22,23,24,26). The second kappa shape index (κ2) is 8.17. The molecule has 0 aliphatic carbocycles. The SMILES string of the molecule is Cc1c(Cl)cccc1Nc1nc(CCC(O)c2ccccc2)cc(=O)[nH]1. The van der Waals surface area contributed by atoms with E-state index in [2.05, 4.69) is 15.3 Å². The lowest BCUT2D eigenvalue weighted by molar-refractivity contribution is 0.167. The molecule has 3 aromatic rings. The van der Waals surface area contributed by atoms with Gasteiger partial charge in [0, 0.05) is 22.5 Å².